The molecule has 2 aromatic rings. The first kappa shape index (κ1) is 24.4. The number of hydrogen-bond donors (Lipinski definition) is 0. The number of carbonyl (C=O) groups excluding carboxylic acids is 4. The number of imide groups is 1. The lowest BCUT2D eigenvalue weighted by atomic mass is 10.0. The molecule has 0 N–H and O–H groups in total. The van der Waals surface area contributed by atoms with Gasteiger partial charge in [-0.2, -0.15) is 0 Å². The number of carbonyl (C=O) groups is 4. The van der Waals surface area contributed by atoms with Gasteiger partial charge in [0.15, 0.2) is 6.61 Å². The van der Waals surface area contributed by atoms with Gasteiger partial charge in [0.25, 0.3) is 11.8 Å². The van der Waals surface area contributed by atoms with E-state index in [9.17, 15) is 19.2 Å². The van der Waals surface area contributed by atoms with Crippen molar-refractivity contribution in [3.05, 3.63) is 58.4 Å². The van der Waals surface area contributed by atoms with Crippen molar-refractivity contribution in [3.8, 4) is 0 Å². The molecular formula is C25H30N2O6. The van der Waals surface area contributed by atoms with Crippen LogP contribution in [0.3, 0.4) is 0 Å². The Morgan fingerprint density at radius 3 is 2.18 bits per heavy atom. The minimum Gasteiger partial charge on any atom is -0.456 e. The summed E-state index contributed by atoms with van der Waals surface area (Å²) in [6, 6.07) is 7.14. The summed E-state index contributed by atoms with van der Waals surface area (Å²) in [6.45, 7) is 8.15. The number of ketones is 1. The summed E-state index contributed by atoms with van der Waals surface area (Å²) in [5, 5.41) is 0. The van der Waals surface area contributed by atoms with E-state index < -0.39 is 30.4 Å². The molecule has 8 nitrogen and oxygen atoms in total. The molecule has 2 amide bonds. The van der Waals surface area contributed by atoms with Crippen LogP contribution in [0.5, 0.6) is 0 Å². The largest absolute Gasteiger partial charge is 0.456 e. The SMILES string of the molecule is COCCn1c(C)cc(C(=O)COC(=O)C(CC(C)C)N2C(=O)c3ccccc3C2=O)c1C. The fourth-order valence-electron chi connectivity index (χ4n) is 4.17. The van der Waals surface area contributed by atoms with Gasteiger partial charge in [0.05, 0.1) is 17.7 Å². The number of aromatic nitrogens is 1. The molecule has 1 aromatic heterocycles. The molecule has 8 heteroatoms. The number of ether oxygens (including phenoxy) is 2. The van der Waals surface area contributed by atoms with E-state index in [0.717, 1.165) is 16.3 Å². The van der Waals surface area contributed by atoms with Crippen molar-refractivity contribution in [3.63, 3.8) is 0 Å². The van der Waals surface area contributed by atoms with Crippen molar-refractivity contribution < 1.29 is 28.7 Å². The summed E-state index contributed by atoms with van der Waals surface area (Å²) in [5.41, 5.74) is 2.68. The maximum absolute atomic E-state index is 13.0. The Bertz CT molecular complexity index is 1050. The molecule has 0 spiro atoms. The van der Waals surface area contributed by atoms with Gasteiger partial charge >= 0.3 is 5.97 Å². The quantitative estimate of drug-likeness (QED) is 0.311. The monoisotopic (exact) mass is 454 g/mol. The summed E-state index contributed by atoms with van der Waals surface area (Å²) < 4.78 is 12.4. The molecule has 1 aromatic carbocycles. The Labute approximate surface area is 193 Å². The van der Waals surface area contributed by atoms with Gasteiger partial charge in [-0.15, -0.1) is 0 Å². The molecule has 176 valence electrons. The maximum atomic E-state index is 13.0. The third-order valence-corrected chi connectivity index (χ3v) is 5.84. The zero-order valence-corrected chi connectivity index (χ0v) is 19.7. The number of esters is 1. The van der Waals surface area contributed by atoms with E-state index in [-0.39, 0.29) is 29.2 Å². The predicted octanol–water partition coefficient (Wildman–Crippen LogP) is 3.19. The summed E-state index contributed by atoms with van der Waals surface area (Å²) in [6.07, 6.45) is 0.240. The highest BCUT2D eigenvalue weighted by atomic mass is 16.5. The van der Waals surface area contributed by atoms with E-state index in [0.29, 0.717) is 18.7 Å². The fraction of sp³-hybridized carbons (Fsp3) is 0.440. The molecular weight excluding hydrogens is 424 g/mol. The lowest BCUT2D eigenvalue weighted by Crippen LogP contribution is -2.46. The average Bonchev–Trinajstić information content (AvgIpc) is 3.21. The normalized spacial score (nSPS) is 14.1. The van der Waals surface area contributed by atoms with Crippen LogP contribution in [0.25, 0.3) is 0 Å². The van der Waals surface area contributed by atoms with E-state index in [1.165, 1.54) is 0 Å². The Morgan fingerprint density at radius 1 is 1.03 bits per heavy atom. The van der Waals surface area contributed by atoms with Crippen molar-refractivity contribution in [2.45, 2.75) is 46.7 Å². The standard InChI is InChI=1S/C25H30N2O6/c1-15(2)12-21(27-23(29)18-8-6-7-9-19(18)24(27)30)25(31)33-14-22(28)20-13-16(3)26(17(20)4)10-11-32-5/h6-9,13,15,21H,10-12,14H2,1-5H3. The Morgan fingerprint density at radius 2 is 1.64 bits per heavy atom. The highest BCUT2D eigenvalue weighted by Crippen LogP contribution is 2.27. The molecule has 0 fully saturated rings. The molecule has 0 aliphatic carbocycles. The predicted molar refractivity (Wildman–Crippen MR) is 121 cm³/mol. The van der Waals surface area contributed by atoms with Crippen molar-refractivity contribution in [2.24, 2.45) is 5.92 Å². The van der Waals surface area contributed by atoms with E-state index in [2.05, 4.69) is 0 Å². The van der Waals surface area contributed by atoms with Gasteiger partial charge in [-0.1, -0.05) is 26.0 Å². The molecule has 2 heterocycles. The molecule has 3 rings (SSSR count). The van der Waals surface area contributed by atoms with Gasteiger partial charge < -0.3 is 14.0 Å². The first-order valence-corrected chi connectivity index (χ1v) is 11.0. The lowest BCUT2D eigenvalue weighted by Gasteiger charge is -2.25. The number of methoxy groups -OCH3 is 1. The van der Waals surface area contributed by atoms with Crippen LogP contribution in [0.2, 0.25) is 0 Å². The van der Waals surface area contributed by atoms with Gasteiger partial charge in [-0.05, 0) is 44.4 Å². The van der Waals surface area contributed by atoms with Crippen molar-refractivity contribution in [1.29, 1.82) is 0 Å². The van der Waals surface area contributed by atoms with E-state index >= 15 is 0 Å². The van der Waals surface area contributed by atoms with Crippen molar-refractivity contribution in [1.82, 2.24) is 9.47 Å². The topological polar surface area (TPSA) is 94.9 Å². The van der Waals surface area contributed by atoms with Crippen LogP contribution in [0.4, 0.5) is 0 Å². The molecule has 1 atom stereocenters. The van der Waals surface area contributed by atoms with Gasteiger partial charge in [-0.25, -0.2) is 4.79 Å². The second-order valence-corrected chi connectivity index (χ2v) is 8.63. The van der Waals surface area contributed by atoms with Crippen LogP contribution in [-0.2, 0) is 20.8 Å². The Kier molecular flexibility index (Phi) is 7.48. The zero-order chi connectivity index (χ0) is 24.3. The lowest BCUT2D eigenvalue weighted by molar-refractivity contribution is -0.147. The van der Waals surface area contributed by atoms with Gasteiger partial charge in [-0.3, -0.25) is 19.3 Å². The van der Waals surface area contributed by atoms with Crippen LogP contribution >= 0.6 is 0 Å². The summed E-state index contributed by atoms with van der Waals surface area (Å²) >= 11 is 0. The maximum Gasteiger partial charge on any atom is 0.329 e. The molecule has 0 bridgehead atoms. The third kappa shape index (κ3) is 4.90. The highest BCUT2D eigenvalue weighted by molar-refractivity contribution is 6.22. The fourth-order valence-corrected chi connectivity index (χ4v) is 4.17. The molecule has 0 saturated carbocycles. The van der Waals surface area contributed by atoms with E-state index in [4.69, 9.17) is 9.47 Å². The second kappa shape index (κ2) is 10.1. The van der Waals surface area contributed by atoms with Crippen molar-refractivity contribution >= 4 is 23.6 Å². The van der Waals surface area contributed by atoms with Crippen LogP contribution < -0.4 is 0 Å². The number of rotatable bonds is 10. The average molecular weight is 455 g/mol. The Balaban J connectivity index is 1.75. The van der Waals surface area contributed by atoms with Crippen LogP contribution in [0.15, 0.2) is 30.3 Å². The minimum absolute atomic E-state index is 0.0160. The van der Waals surface area contributed by atoms with Crippen LogP contribution in [0, 0.1) is 19.8 Å². The first-order chi connectivity index (χ1) is 15.7. The molecule has 1 aliphatic heterocycles. The second-order valence-electron chi connectivity index (χ2n) is 8.63. The number of fused-ring (bicyclic) bond motifs is 1. The van der Waals surface area contributed by atoms with Gasteiger partial charge in [0.1, 0.15) is 6.04 Å². The number of Topliss-reactive ketones (excluding diaryl/α,β-unsaturated/α-hetero) is 1. The number of hydrogen-bond acceptors (Lipinski definition) is 6. The highest BCUT2D eigenvalue weighted by Gasteiger charge is 2.43. The van der Waals surface area contributed by atoms with E-state index in [1.807, 2.05) is 32.3 Å². The number of amides is 2. The number of aryl methyl sites for hydroxylation is 1. The summed E-state index contributed by atoms with van der Waals surface area (Å²) in [5.74, 6) is -2.13. The summed E-state index contributed by atoms with van der Waals surface area (Å²) in [4.78, 5) is 52.5. The van der Waals surface area contributed by atoms with Crippen molar-refractivity contribution in [2.75, 3.05) is 20.3 Å². The Hall–Kier alpha value is -3.26. The minimum atomic E-state index is -1.10. The molecule has 33 heavy (non-hydrogen) atoms. The summed E-state index contributed by atoms with van der Waals surface area (Å²) in [7, 11) is 1.61. The van der Waals surface area contributed by atoms with Crippen LogP contribution in [-0.4, -0.2) is 59.4 Å². The zero-order valence-electron chi connectivity index (χ0n) is 19.7. The third-order valence-electron chi connectivity index (χ3n) is 5.84. The number of nitrogens with zero attached hydrogens (tertiary/aromatic N) is 2. The van der Waals surface area contributed by atoms with Gasteiger partial charge in [0.2, 0.25) is 5.78 Å². The molecule has 1 unspecified atom stereocenters. The number of benzene rings is 1. The smallest absolute Gasteiger partial charge is 0.329 e. The molecule has 1 aliphatic rings. The first-order valence-electron chi connectivity index (χ1n) is 11.0. The molecule has 0 saturated heterocycles. The van der Waals surface area contributed by atoms with E-state index in [1.54, 1.807) is 37.4 Å². The van der Waals surface area contributed by atoms with Crippen LogP contribution in [0.1, 0.15) is 62.7 Å². The molecule has 0 radical (unpaired) electrons. The van der Waals surface area contributed by atoms with Gasteiger partial charge in [0, 0.05) is 30.6 Å².